The van der Waals surface area contributed by atoms with E-state index >= 15 is 0 Å². The Bertz CT molecular complexity index is 258. The average Bonchev–Trinajstić information content (AvgIpc) is 2.95. The largest absolute Gasteiger partial charge is 0.493 e. The predicted octanol–water partition coefficient (Wildman–Crippen LogP) is 2.10. The van der Waals surface area contributed by atoms with Crippen molar-refractivity contribution in [2.45, 2.75) is 12.5 Å². The molecule has 2 rings (SSSR count). The number of ether oxygens (including phenoxy) is 2. The molecule has 2 nitrogen and oxygen atoms in total. The highest BCUT2D eigenvalue weighted by molar-refractivity contribution is 5.21. The van der Waals surface area contributed by atoms with Gasteiger partial charge in [0.25, 0.3) is 0 Å². The summed E-state index contributed by atoms with van der Waals surface area (Å²) in [6.45, 7) is 0.780. The zero-order chi connectivity index (χ0) is 9.10. The Morgan fingerprint density at radius 2 is 2.08 bits per heavy atom. The van der Waals surface area contributed by atoms with Crippen molar-refractivity contribution in [1.82, 2.24) is 0 Å². The van der Waals surface area contributed by atoms with Gasteiger partial charge in [0, 0.05) is 13.0 Å². The molecule has 70 valence electrons. The normalized spacial score (nSPS) is 25.6. The summed E-state index contributed by atoms with van der Waals surface area (Å²) in [5, 5.41) is 0. The third-order valence-corrected chi connectivity index (χ3v) is 2.37. The minimum Gasteiger partial charge on any atom is -0.493 e. The van der Waals surface area contributed by atoms with Gasteiger partial charge in [0.05, 0.1) is 12.7 Å². The summed E-state index contributed by atoms with van der Waals surface area (Å²) in [5.74, 6) is 1.55. The Balaban J connectivity index is 1.75. The molecule has 1 saturated carbocycles. The van der Waals surface area contributed by atoms with Crippen molar-refractivity contribution in [1.29, 1.82) is 0 Å². The summed E-state index contributed by atoms with van der Waals surface area (Å²) in [7, 11) is 1.76. The monoisotopic (exact) mass is 178 g/mol. The quantitative estimate of drug-likeness (QED) is 0.703. The van der Waals surface area contributed by atoms with Gasteiger partial charge in [-0.25, -0.2) is 0 Å². The van der Waals surface area contributed by atoms with E-state index in [0.29, 0.717) is 12.0 Å². The van der Waals surface area contributed by atoms with E-state index in [4.69, 9.17) is 9.47 Å². The Kier molecular flexibility index (Phi) is 2.50. The fourth-order valence-electron chi connectivity index (χ4n) is 1.40. The van der Waals surface area contributed by atoms with Crippen LogP contribution in [0.2, 0.25) is 0 Å². The summed E-state index contributed by atoms with van der Waals surface area (Å²) in [6, 6.07) is 9.91. The molecule has 0 heterocycles. The molecule has 0 radical (unpaired) electrons. The maximum absolute atomic E-state index is 5.58. The van der Waals surface area contributed by atoms with E-state index in [1.165, 1.54) is 0 Å². The number of hydrogen-bond donors (Lipinski definition) is 0. The Hall–Kier alpha value is -1.02. The molecule has 0 bridgehead atoms. The predicted molar refractivity (Wildman–Crippen MR) is 50.8 cm³/mol. The van der Waals surface area contributed by atoms with Crippen molar-refractivity contribution in [2.75, 3.05) is 13.7 Å². The highest BCUT2D eigenvalue weighted by Gasteiger charge is 2.37. The van der Waals surface area contributed by atoms with E-state index in [0.717, 1.165) is 18.8 Å². The van der Waals surface area contributed by atoms with Crippen molar-refractivity contribution in [3.8, 4) is 5.75 Å². The van der Waals surface area contributed by atoms with Crippen molar-refractivity contribution in [3.05, 3.63) is 30.3 Å². The molecule has 1 fully saturated rings. The minimum absolute atomic E-state index is 0.434. The van der Waals surface area contributed by atoms with Gasteiger partial charge in [0.1, 0.15) is 5.75 Å². The van der Waals surface area contributed by atoms with Crippen LogP contribution in [0, 0.1) is 5.92 Å². The maximum Gasteiger partial charge on any atom is 0.119 e. The van der Waals surface area contributed by atoms with E-state index in [2.05, 4.69) is 0 Å². The summed E-state index contributed by atoms with van der Waals surface area (Å²) in [5.41, 5.74) is 0. The van der Waals surface area contributed by atoms with Crippen LogP contribution < -0.4 is 4.74 Å². The average molecular weight is 178 g/mol. The van der Waals surface area contributed by atoms with Crippen molar-refractivity contribution >= 4 is 0 Å². The molecule has 1 aliphatic carbocycles. The number of hydrogen-bond acceptors (Lipinski definition) is 2. The molecular formula is C11H14O2. The Labute approximate surface area is 78.5 Å². The van der Waals surface area contributed by atoms with Gasteiger partial charge in [-0.15, -0.1) is 0 Å². The van der Waals surface area contributed by atoms with Gasteiger partial charge in [-0.2, -0.15) is 0 Å². The molecule has 1 aromatic carbocycles. The van der Waals surface area contributed by atoms with E-state index in [1.807, 2.05) is 30.3 Å². The Morgan fingerprint density at radius 1 is 1.31 bits per heavy atom. The summed E-state index contributed by atoms with van der Waals surface area (Å²) in [6.07, 6.45) is 1.58. The second kappa shape index (κ2) is 3.79. The van der Waals surface area contributed by atoms with Crippen LogP contribution in [0.4, 0.5) is 0 Å². The summed E-state index contributed by atoms with van der Waals surface area (Å²) >= 11 is 0. The van der Waals surface area contributed by atoms with Gasteiger partial charge in [-0.05, 0) is 18.6 Å². The Morgan fingerprint density at radius 3 is 2.69 bits per heavy atom. The maximum atomic E-state index is 5.58. The number of benzene rings is 1. The lowest BCUT2D eigenvalue weighted by molar-refractivity contribution is 0.155. The SMILES string of the molecule is COC1CC1COc1ccccc1. The molecule has 2 atom stereocenters. The number of methoxy groups -OCH3 is 1. The molecular weight excluding hydrogens is 164 g/mol. The summed E-state index contributed by atoms with van der Waals surface area (Å²) < 4.78 is 10.8. The summed E-state index contributed by atoms with van der Waals surface area (Å²) in [4.78, 5) is 0. The first-order valence-electron chi connectivity index (χ1n) is 4.61. The number of para-hydroxylation sites is 1. The molecule has 0 aliphatic heterocycles. The lowest BCUT2D eigenvalue weighted by atomic mass is 10.3. The van der Waals surface area contributed by atoms with Crippen LogP contribution >= 0.6 is 0 Å². The first kappa shape index (κ1) is 8.57. The topological polar surface area (TPSA) is 18.5 Å². The molecule has 13 heavy (non-hydrogen) atoms. The second-order valence-corrected chi connectivity index (χ2v) is 3.39. The zero-order valence-electron chi connectivity index (χ0n) is 7.77. The van der Waals surface area contributed by atoms with Gasteiger partial charge < -0.3 is 9.47 Å². The number of rotatable bonds is 4. The fraction of sp³-hybridized carbons (Fsp3) is 0.455. The molecule has 0 spiro atoms. The first-order chi connectivity index (χ1) is 6.40. The van der Waals surface area contributed by atoms with Gasteiger partial charge in [-0.3, -0.25) is 0 Å². The lowest BCUT2D eigenvalue weighted by Gasteiger charge is -2.04. The first-order valence-corrected chi connectivity index (χ1v) is 4.61. The highest BCUT2D eigenvalue weighted by atomic mass is 16.5. The van der Waals surface area contributed by atoms with Crippen molar-refractivity contribution in [2.24, 2.45) is 5.92 Å². The van der Waals surface area contributed by atoms with Gasteiger partial charge in [0.15, 0.2) is 0 Å². The van der Waals surface area contributed by atoms with Crippen LogP contribution in [-0.4, -0.2) is 19.8 Å². The third-order valence-electron chi connectivity index (χ3n) is 2.37. The van der Waals surface area contributed by atoms with E-state index in [-0.39, 0.29) is 0 Å². The van der Waals surface area contributed by atoms with Crippen molar-refractivity contribution in [3.63, 3.8) is 0 Å². The molecule has 0 aromatic heterocycles. The molecule has 2 unspecified atom stereocenters. The van der Waals surface area contributed by atoms with Gasteiger partial charge in [-0.1, -0.05) is 18.2 Å². The smallest absolute Gasteiger partial charge is 0.119 e. The van der Waals surface area contributed by atoms with E-state index in [1.54, 1.807) is 7.11 Å². The lowest BCUT2D eigenvalue weighted by Crippen LogP contribution is -2.03. The molecule has 0 saturated heterocycles. The van der Waals surface area contributed by atoms with Crippen LogP contribution in [-0.2, 0) is 4.74 Å². The standard InChI is InChI=1S/C11H14O2/c1-12-11-7-9(11)8-13-10-5-3-2-4-6-10/h2-6,9,11H,7-8H2,1H3. The van der Waals surface area contributed by atoms with Gasteiger partial charge in [0.2, 0.25) is 0 Å². The molecule has 2 heteroatoms. The van der Waals surface area contributed by atoms with E-state index in [9.17, 15) is 0 Å². The molecule has 0 N–H and O–H groups in total. The highest BCUT2D eigenvalue weighted by Crippen LogP contribution is 2.33. The fourth-order valence-corrected chi connectivity index (χ4v) is 1.40. The minimum atomic E-state index is 0.434. The van der Waals surface area contributed by atoms with Crippen LogP contribution in [0.15, 0.2) is 30.3 Å². The van der Waals surface area contributed by atoms with Crippen molar-refractivity contribution < 1.29 is 9.47 Å². The van der Waals surface area contributed by atoms with Crippen LogP contribution in [0.3, 0.4) is 0 Å². The van der Waals surface area contributed by atoms with E-state index < -0.39 is 0 Å². The molecule has 0 amide bonds. The van der Waals surface area contributed by atoms with Crippen LogP contribution in [0.25, 0.3) is 0 Å². The third kappa shape index (κ3) is 2.22. The van der Waals surface area contributed by atoms with Crippen LogP contribution in [0.1, 0.15) is 6.42 Å². The zero-order valence-corrected chi connectivity index (χ0v) is 7.77. The van der Waals surface area contributed by atoms with Gasteiger partial charge >= 0.3 is 0 Å². The second-order valence-electron chi connectivity index (χ2n) is 3.39. The van der Waals surface area contributed by atoms with Crippen LogP contribution in [0.5, 0.6) is 5.75 Å². The molecule has 1 aliphatic rings. The molecule has 1 aromatic rings.